The molecule has 1 aromatic carbocycles. The number of carbonyl (C=O) groups excluding carboxylic acids is 1. The smallest absolute Gasteiger partial charge is 0.224 e. The molecule has 3 nitrogen and oxygen atoms in total. The SMILES string of the molecule is Cl.NCC1CCCC1NC(=O)Cc1ccc2c(c1)CCC2. The van der Waals surface area contributed by atoms with Crippen LogP contribution in [0.25, 0.3) is 0 Å². The first-order valence-electron chi connectivity index (χ1n) is 7.86. The van der Waals surface area contributed by atoms with Gasteiger partial charge in [0.05, 0.1) is 6.42 Å². The number of amides is 1. The number of rotatable bonds is 4. The lowest BCUT2D eigenvalue weighted by Crippen LogP contribution is -2.40. The molecule has 0 aromatic heterocycles. The van der Waals surface area contributed by atoms with E-state index >= 15 is 0 Å². The average molecular weight is 309 g/mol. The standard InChI is InChI=1S/C17H24N2O.ClH/c18-11-15-5-2-6-16(15)19-17(20)10-12-7-8-13-3-1-4-14(13)9-12;/h7-9,15-16H,1-6,10-11,18H2,(H,19,20);1H. The normalized spacial score (nSPS) is 23.5. The zero-order valence-corrected chi connectivity index (χ0v) is 13.3. The fourth-order valence-corrected chi connectivity index (χ4v) is 3.69. The van der Waals surface area contributed by atoms with Gasteiger partial charge in [-0.2, -0.15) is 0 Å². The molecule has 116 valence electrons. The van der Waals surface area contributed by atoms with E-state index in [0.717, 1.165) is 18.4 Å². The highest BCUT2D eigenvalue weighted by atomic mass is 35.5. The summed E-state index contributed by atoms with van der Waals surface area (Å²) < 4.78 is 0. The number of nitrogens with two attached hydrogens (primary N) is 1. The number of hydrogen-bond acceptors (Lipinski definition) is 2. The first-order chi connectivity index (χ1) is 9.76. The van der Waals surface area contributed by atoms with Crippen LogP contribution in [0, 0.1) is 5.92 Å². The molecule has 2 aliphatic carbocycles. The third-order valence-electron chi connectivity index (χ3n) is 4.84. The second-order valence-corrected chi connectivity index (χ2v) is 6.23. The van der Waals surface area contributed by atoms with Gasteiger partial charge in [-0.3, -0.25) is 4.79 Å². The number of aryl methyl sites for hydroxylation is 2. The van der Waals surface area contributed by atoms with Gasteiger partial charge in [0.15, 0.2) is 0 Å². The highest BCUT2D eigenvalue weighted by molar-refractivity contribution is 5.85. The largest absolute Gasteiger partial charge is 0.353 e. The van der Waals surface area contributed by atoms with Crippen molar-refractivity contribution in [2.24, 2.45) is 11.7 Å². The quantitative estimate of drug-likeness (QED) is 0.897. The predicted molar refractivity (Wildman–Crippen MR) is 87.7 cm³/mol. The van der Waals surface area contributed by atoms with E-state index in [1.807, 2.05) is 0 Å². The molecule has 21 heavy (non-hydrogen) atoms. The minimum absolute atomic E-state index is 0. The Labute approximate surface area is 133 Å². The zero-order valence-electron chi connectivity index (χ0n) is 12.4. The molecule has 1 aromatic rings. The van der Waals surface area contributed by atoms with E-state index < -0.39 is 0 Å². The van der Waals surface area contributed by atoms with Crippen molar-refractivity contribution in [1.29, 1.82) is 0 Å². The first-order valence-corrected chi connectivity index (χ1v) is 7.86. The number of fused-ring (bicyclic) bond motifs is 1. The second kappa shape index (κ2) is 7.28. The van der Waals surface area contributed by atoms with Crippen molar-refractivity contribution in [2.45, 2.75) is 51.0 Å². The number of halogens is 1. The van der Waals surface area contributed by atoms with Crippen LogP contribution in [0.4, 0.5) is 0 Å². The monoisotopic (exact) mass is 308 g/mol. The van der Waals surface area contributed by atoms with Crippen molar-refractivity contribution in [1.82, 2.24) is 5.32 Å². The number of carbonyl (C=O) groups is 1. The van der Waals surface area contributed by atoms with E-state index in [0.29, 0.717) is 24.9 Å². The minimum atomic E-state index is 0. The van der Waals surface area contributed by atoms with Crippen molar-refractivity contribution in [2.75, 3.05) is 6.54 Å². The summed E-state index contributed by atoms with van der Waals surface area (Å²) >= 11 is 0. The summed E-state index contributed by atoms with van der Waals surface area (Å²) in [7, 11) is 0. The first kappa shape index (κ1) is 16.3. The molecule has 2 atom stereocenters. The van der Waals surface area contributed by atoms with Crippen molar-refractivity contribution in [3.63, 3.8) is 0 Å². The summed E-state index contributed by atoms with van der Waals surface area (Å²) in [6.07, 6.45) is 7.54. The third-order valence-corrected chi connectivity index (χ3v) is 4.84. The van der Waals surface area contributed by atoms with Gasteiger partial charge in [-0.1, -0.05) is 24.6 Å². The van der Waals surface area contributed by atoms with Crippen molar-refractivity contribution >= 4 is 18.3 Å². The van der Waals surface area contributed by atoms with Crippen LogP contribution >= 0.6 is 12.4 Å². The van der Waals surface area contributed by atoms with E-state index in [4.69, 9.17) is 5.73 Å². The molecule has 0 heterocycles. The van der Waals surface area contributed by atoms with Gasteiger partial charge < -0.3 is 11.1 Å². The maximum Gasteiger partial charge on any atom is 0.224 e. The van der Waals surface area contributed by atoms with Gasteiger partial charge >= 0.3 is 0 Å². The Morgan fingerprint density at radius 3 is 2.81 bits per heavy atom. The Morgan fingerprint density at radius 2 is 2.00 bits per heavy atom. The number of benzene rings is 1. The molecule has 0 spiro atoms. The molecule has 0 radical (unpaired) electrons. The van der Waals surface area contributed by atoms with Gasteiger partial charge in [-0.05, 0) is 61.3 Å². The molecule has 2 unspecified atom stereocenters. The molecule has 0 saturated heterocycles. The second-order valence-electron chi connectivity index (χ2n) is 6.23. The lowest BCUT2D eigenvalue weighted by atomic mass is 10.0. The van der Waals surface area contributed by atoms with E-state index in [1.54, 1.807) is 0 Å². The van der Waals surface area contributed by atoms with Crippen LogP contribution < -0.4 is 11.1 Å². The maximum atomic E-state index is 12.2. The van der Waals surface area contributed by atoms with Gasteiger partial charge in [0.2, 0.25) is 5.91 Å². The summed E-state index contributed by atoms with van der Waals surface area (Å²) in [4.78, 5) is 12.2. The Kier molecular flexibility index (Phi) is 5.65. The Bertz CT molecular complexity index is 504. The van der Waals surface area contributed by atoms with Crippen LogP contribution in [0.1, 0.15) is 42.4 Å². The Hall–Kier alpha value is -1.06. The van der Waals surface area contributed by atoms with Crippen LogP contribution in [0.5, 0.6) is 0 Å². The fraction of sp³-hybridized carbons (Fsp3) is 0.588. The summed E-state index contributed by atoms with van der Waals surface area (Å²) in [5.41, 5.74) is 9.81. The van der Waals surface area contributed by atoms with E-state index in [-0.39, 0.29) is 18.3 Å². The molecule has 2 aliphatic rings. The summed E-state index contributed by atoms with van der Waals surface area (Å²) in [5.74, 6) is 0.618. The molecule has 0 bridgehead atoms. The van der Waals surface area contributed by atoms with Crippen LogP contribution in [-0.4, -0.2) is 18.5 Å². The fourth-order valence-electron chi connectivity index (χ4n) is 3.69. The topological polar surface area (TPSA) is 55.1 Å². The van der Waals surface area contributed by atoms with Crippen LogP contribution in [0.2, 0.25) is 0 Å². The summed E-state index contributed by atoms with van der Waals surface area (Å²) in [6.45, 7) is 0.684. The molecule has 1 fully saturated rings. The summed E-state index contributed by atoms with van der Waals surface area (Å²) in [6, 6.07) is 6.82. The predicted octanol–water partition coefficient (Wildman–Crippen LogP) is 2.38. The molecule has 0 aliphatic heterocycles. The van der Waals surface area contributed by atoms with Crippen molar-refractivity contribution < 1.29 is 4.79 Å². The van der Waals surface area contributed by atoms with Crippen molar-refractivity contribution in [3.05, 3.63) is 34.9 Å². The van der Waals surface area contributed by atoms with Crippen LogP contribution in [-0.2, 0) is 24.1 Å². The van der Waals surface area contributed by atoms with E-state index in [9.17, 15) is 4.79 Å². The van der Waals surface area contributed by atoms with Gasteiger partial charge in [-0.15, -0.1) is 12.4 Å². The highest BCUT2D eigenvalue weighted by Gasteiger charge is 2.27. The molecular formula is C17H25ClN2O. The zero-order chi connectivity index (χ0) is 13.9. The minimum Gasteiger partial charge on any atom is -0.353 e. The van der Waals surface area contributed by atoms with Gasteiger partial charge in [0, 0.05) is 6.04 Å². The molecule has 1 saturated carbocycles. The average Bonchev–Trinajstić information content (AvgIpc) is 3.06. The maximum absolute atomic E-state index is 12.2. The van der Waals surface area contributed by atoms with Gasteiger partial charge in [-0.25, -0.2) is 0 Å². The number of hydrogen-bond donors (Lipinski definition) is 2. The molecular weight excluding hydrogens is 284 g/mol. The lowest BCUT2D eigenvalue weighted by molar-refractivity contribution is -0.121. The molecule has 3 N–H and O–H groups in total. The molecule has 4 heteroatoms. The lowest BCUT2D eigenvalue weighted by Gasteiger charge is -2.19. The summed E-state index contributed by atoms with van der Waals surface area (Å²) in [5, 5.41) is 3.18. The van der Waals surface area contributed by atoms with Crippen molar-refractivity contribution in [3.8, 4) is 0 Å². The van der Waals surface area contributed by atoms with Gasteiger partial charge in [0.25, 0.3) is 0 Å². The highest BCUT2D eigenvalue weighted by Crippen LogP contribution is 2.25. The Balaban J connectivity index is 0.00000161. The van der Waals surface area contributed by atoms with Crippen LogP contribution in [0.15, 0.2) is 18.2 Å². The third kappa shape index (κ3) is 3.78. The van der Waals surface area contributed by atoms with E-state index in [1.165, 1.54) is 36.8 Å². The van der Waals surface area contributed by atoms with Gasteiger partial charge in [0.1, 0.15) is 0 Å². The molecule has 1 amide bonds. The van der Waals surface area contributed by atoms with Crippen LogP contribution in [0.3, 0.4) is 0 Å². The molecule has 3 rings (SSSR count). The number of nitrogens with one attached hydrogen (secondary N) is 1. The van der Waals surface area contributed by atoms with E-state index in [2.05, 4.69) is 23.5 Å². The Morgan fingerprint density at radius 1 is 1.19 bits per heavy atom.